The number of carbonyl (C=O) groups excluding carboxylic acids is 1. The summed E-state index contributed by atoms with van der Waals surface area (Å²) in [5.41, 5.74) is 5.77. The van der Waals surface area contributed by atoms with E-state index in [1.807, 2.05) is 0 Å². The van der Waals surface area contributed by atoms with Gasteiger partial charge >= 0.3 is 5.97 Å². The van der Waals surface area contributed by atoms with Crippen LogP contribution in [-0.2, 0) is 11.3 Å². The Bertz CT molecular complexity index is 525. The van der Waals surface area contributed by atoms with E-state index in [4.69, 9.17) is 5.73 Å². The van der Waals surface area contributed by atoms with E-state index in [1.54, 1.807) is 12.1 Å². The molecule has 0 aliphatic heterocycles. The molecule has 1 heterocycles. The molecule has 6 nitrogen and oxygen atoms in total. The third-order valence-electron chi connectivity index (χ3n) is 4.14. The molecule has 6 heteroatoms. The number of rotatable bonds is 5. The minimum Gasteiger partial charge on any atom is -0.481 e. The van der Waals surface area contributed by atoms with Crippen LogP contribution in [0.15, 0.2) is 18.3 Å². The number of nitrogens with zero attached hydrogens (tertiary/aromatic N) is 1. The van der Waals surface area contributed by atoms with Gasteiger partial charge in [-0.05, 0) is 25.0 Å². The lowest BCUT2D eigenvalue weighted by Crippen LogP contribution is -2.44. The monoisotopic (exact) mass is 291 g/mol. The summed E-state index contributed by atoms with van der Waals surface area (Å²) in [6.45, 7) is 0.432. The predicted molar refractivity (Wildman–Crippen MR) is 77.6 cm³/mol. The molecule has 1 aromatic rings. The molecule has 1 aliphatic rings. The van der Waals surface area contributed by atoms with Gasteiger partial charge in [0.1, 0.15) is 0 Å². The third-order valence-corrected chi connectivity index (χ3v) is 4.14. The number of amides is 1. The second-order valence-corrected chi connectivity index (χ2v) is 5.57. The summed E-state index contributed by atoms with van der Waals surface area (Å²) >= 11 is 0. The maximum Gasteiger partial charge on any atom is 0.311 e. The minimum atomic E-state index is -0.822. The normalized spacial score (nSPS) is 17.2. The second kappa shape index (κ2) is 6.67. The molecule has 1 aromatic heterocycles. The maximum absolute atomic E-state index is 12.1. The van der Waals surface area contributed by atoms with Gasteiger partial charge < -0.3 is 16.2 Å². The quantitative estimate of drug-likeness (QED) is 0.758. The Kier molecular flexibility index (Phi) is 4.90. The molecule has 0 unspecified atom stereocenters. The minimum absolute atomic E-state index is 0.168. The summed E-state index contributed by atoms with van der Waals surface area (Å²) in [6, 6.07) is 3.23. The van der Waals surface area contributed by atoms with E-state index in [-0.39, 0.29) is 19.0 Å². The number of carboxylic acids is 1. The zero-order valence-corrected chi connectivity index (χ0v) is 12.0. The van der Waals surface area contributed by atoms with Crippen LogP contribution >= 0.6 is 0 Å². The lowest BCUT2D eigenvalue weighted by Gasteiger charge is -2.33. The highest BCUT2D eigenvalue weighted by molar-refractivity contribution is 5.94. The summed E-state index contributed by atoms with van der Waals surface area (Å²) in [6.07, 6.45) is 5.63. The van der Waals surface area contributed by atoms with E-state index >= 15 is 0 Å². The summed E-state index contributed by atoms with van der Waals surface area (Å²) in [5, 5.41) is 12.2. The predicted octanol–water partition coefficient (Wildman–Crippen LogP) is 1.31. The molecule has 4 N–H and O–H groups in total. The van der Waals surface area contributed by atoms with Crippen LogP contribution in [0.3, 0.4) is 0 Å². The van der Waals surface area contributed by atoms with E-state index in [9.17, 15) is 14.7 Å². The number of aromatic nitrogens is 1. The molecule has 114 valence electrons. The van der Waals surface area contributed by atoms with Gasteiger partial charge in [-0.1, -0.05) is 19.3 Å². The molecule has 21 heavy (non-hydrogen) atoms. The van der Waals surface area contributed by atoms with Crippen LogP contribution in [-0.4, -0.2) is 28.5 Å². The first-order chi connectivity index (χ1) is 10.1. The van der Waals surface area contributed by atoms with Crippen molar-refractivity contribution < 1.29 is 14.7 Å². The number of hydrogen-bond donors (Lipinski definition) is 3. The lowest BCUT2D eigenvalue weighted by molar-refractivity contribution is -0.150. The van der Waals surface area contributed by atoms with Crippen molar-refractivity contribution in [3.8, 4) is 0 Å². The molecule has 0 aromatic carbocycles. The van der Waals surface area contributed by atoms with Crippen molar-refractivity contribution in [3.05, 3.63) is 29.6 Å². The van der Waals surface area contributed by atoms with Gasteiger partial charge in [0.15, 0.2) is 0 Å². The molecule has 1 aliphatic carbocycles. The number of carbonyl (C=O) groups is 2. The summed E-state index contributed by atoms with van der Waals surface area (Å²) in [7, 11) is 0. The van der Waals surface area contributed by atoms with Crippen molar-refractivity contribution in [1.29, 1.82) is 0 Å². The smallest absolute Gasteiger partial charge is 0.311 e. The van der Waals surface area contributed by atoms with Crippen LogP contribution in [0.25, 0.3) is 0 Å². The van der Waals surface area contributed by atoms with Crippen LogP contribution in [0.2, 0.25) is 0 Å². The number of pyridine rings is 1. The maximum atomic E-state index is 12.1. The van der Waals surface area contributed by atoms with Gasteiger partial charge in [-0.2, -0.15) is 0 Å². The molecule has 2 rings (SSSR count). The second-order valence-electron chi connectivity index (χ2n) is 5.57. The average molecular weight is 291 g/mol. The van der Waals surface area contributed by atoms with Crippen LogP contribution in [0, 0.1) is 5.41 Å². The van der Waals surface area contributed by atoms with E-state index in [2.05, 4.69) is 10.3 Å². The highest BCUT2D eigenvalue weighted by Gasteiger charge is 2.39. The first kappa shape index (κ1) is 15.4. The number of nitrogens with two attached hydrogens (primary N) is 1. The Hall–Kier alpha value is -1.95. The first-order valence-electron chi connectivity index (χ1n) is 7.24. The van der Waals surface area contributed by atoms with Gasteiger partial charge in [0.05, 0.1) is 11.1 Å². The lowest BCUT2D eigenvalue weighted by atomic mass is 9.74. The molecule has 0 atom stereocenters. The van der Waals surface area contributed by atoms with E-state index < -0.39 is 11.4 Å². The van der Waals surface area contributed by atoms with Gasteiger partial charge in [-0.25, -0.2) is 0 Å². The van der Waals surface area contributed by atoms with Crippen LogP contribution < -0.4 is 11.1 Å². The van der Waals surface area contributed by atoms with Gasteiger partial charge in [-0.15, -0.1) is 0 Å². The molecular weight excluding hydrogens is 270 g/mol. The van der Waals surface area contributed by atoms with Crippen molar-refractivity contribution in [2.75, 3.05) is 6.54 Å². The first-order valence-corrected chi connectivity index (χ1v) is 7.24. The molecule has 0 radical (unpaired) electrons. The molecule has 0 bridgehead atoms. The fourth-order valence-electron chi connectivity index (χ4n) is 2.78. The molecule has 1 saturated carbocycles. The molecule has 1 fully saturated rings. The summed E-state index contributed by atoms with van der Waals surface area (Å²) < 4.78 is 0. The standard InChI is InChI=1S/C15H21N3O3/c16-9-12-8-11(4-7-17-12)13(19)18-10-15(14(20)21)5-2-1-3-6-15/h4,7-8H,1-3,5-6,9-10,16H2,(H,18,19)(H,20,21). The van der Waals surface area contributed by atoms with Crippen molar-refractivity contribution in [2.24, 2.45) is 11.1 Å². The van der Waals surface area contributed by atoms with E-state index in [0.29, 0.717) is 24.1 Å². The molecule has 0 saturated heterocycles. The van der Waals surface area contributed by atoms with Gasteiger partial charge in [0, 0.05) is 24.8 Å². The fourth-order valence-corrected chi connectivity index (χ4v) is 2.78. The molecule has 1 amide bonds. The van der Waals surface area contributed by atoms with E-state index in [0.717, 1.165) is 19.3 Å². The van der Waals surface area contributed by atoms with Crippen molar-refractivity contribution >= 4 is 11.9 Å². The largest absolute Gasteiger partial charge is 0.481 e. The fraction of sp³-hybridized carbons (Fsp3) is 0.533. The summed E-state index contributed by atoms with van der Waals surface area (Å²) in [5.74, 6) is -1.10. The Balaban J connectivity index is 2.03. The van der Waals surface area contributed by atoms with Crippen LogP contribution in [0.1, 0.15) is 48.2 Å². The highest BCUT2D eigenvalue weighted by atomic mass is 16.4. The zero-order chi connectivity index (χ0) is 15.3. The van der Waals surface area contributed by atoms with Crippen LogP contribution in [0.5, 0.6) is 0 Å². The van der Waals surface area contributed by atoms with Gasteiger partial charge in [-0.3, -0.25) is 14.6 Å². The summed E-state index contributed by atoms with van der Waals surface area (Å²) in [4.78, 5) is 27.7. The van der Waals surface area contributed by atoms with E-state index in [1.165, 1.54) is 6.20 Å². The highest BCUT2D eigenvalue weighted by Crippen LogP contribution is 2.36. The van der Waals surface area contributed by atoms with Crippen molar-refractivity contribution in [3.63, 3.8) is 0 Å². The van der Waals surface area contributed by atoms with Crippen LogP contribution in [0.4, 0.5) is 0 Å². The Morgan fingerprint density at radius 2 is 2.05 bits per heavy atom. The number of carboxylic acid groups (broad SMARTS) is 1. The van der Waals surface area contributed by atoms with Gasteiger partial charge in [0.2, 0.25) is 0 Å². The number of aliphatic carboxylic acids is 1. The SMILES string of the molecule is NCc1cc(C(=O)NCC2(C(=O)O)CCCCC2)ccn1. The van der Waals surface area contributed by atoms with Crippen molar-refractivity contribution in [2.45, 2.75) is 38.6 Å². The number of hydrogen-bond acceptors (Lipinski definition) is 4. The average Bonchev–Trinajstić information content (AvgIpc) is 2.53. The van der Waals surface area contributed by atoms with Gasteiger partial charge in [0.25, 0.3) is 5.91 Å². The molecular formula is C15H21N3O3. The Morgan fingerprint density at radius 1 is 1.33 bits per heavy atom. The Morgan fingerprint density at radius 3 is 2.67 bits per heavy atom. The zero-order valence-electron chi connectivity index (χ0n) is 12.0. The topological polar surface area (TPSA) is 105 Å². The Labute approximate surface area is 123 Å². The molecule has 0 spiro atoms. The third kappa shape index (κ3) is 3.58. The van der Waals surface area contributed by atoms with Crippen molar-refractivity contribution in [1.82, 2.24) is 10.3 Å². The number of nitrogens with one attached hydrogen (secondary N) is 1.